The molecule has 202 valence electrons. The number of fused-ring (bicyclic) bond motifs is 4. The Kier molecular flexibility index (Phi) is 7.09. The molecule has 6 aromatic rings. The number of hydrogen-bond donors (Lipinski definition) is 4. The Labute approximate surface area is 249 Å². The van der Waals surface area contributed by atoms with E-state index in [0.29, 0.717) is 12.3 Å². The third kappa shape index (κ3) is 5.23. The Morgan fingerprint density at radius 3 is 2.48 bits per heavy atom. The summed E-state index contributed by atoms with van der Waals surface area (Å²) in [7, 11) is 0. The number of nitrogen functional groups attached to an aromatic ring is 1. The summed E-state index contributed by atoms with van der Waals surface area (Å²) in [5, 5.41) is 14.5. The number of para-hydroxylation sites is 1. The number of hydrazine groups is 1. The molecule has 0 bridgehead atoms. The number of hydrogen-bond acceptors (Lipinski definition) is 4. The highest BCUT2D eigenvalue weighted by molar-refractivity contribution is 7.19. The zero-order chi connectivity index (χ0) is 28.3. The lowest BCUT2D eigenvalue weighted by molar-refractivity contribution is -0.594. The van der Waals surface area contributed by atoms with Crippen molar-refractivity contribution in [3.8, 4) is 11.8 Å². The fourth-order valence-electron chi connectivity index (χ4n) is 5.45. The summed E-state index contributed by atoms with van der Waals surface area (Å²) in [6.07, 6.45) is 2.74. The largest absolute Gasteiger partial charge is 0.316 e. The molecule has 4 nitrogen and oxygen atoms in total. The maximum Gasteiger partial charge on any atom is 0.225 e. The van der Waals surface area contributed by atoms with Gasteiger partial charge >= 0.3 is 0 Å². The highest BCUT2D eigenvalue weighted by Gasteiger charge is 2.20. The highest BCUT2D eigenvalue weighted by Crippen LogP contribution is 2.37. The lowest BCUT2D eigenvalue weighted by atomic mass is 9.98. The van der Waals surface area contributed by atoms with Crippen molar-refractivity contribution in [3.63, 3.8) is 0 Å². The molecule has 5 aromatic carbocycles. The Hall–Kier alpha value is -4.99. The van der Waals surface area contributed by atoms with Crippen LogP contribution < -0.4 is 16.2 Å². The molecule has 5 heteroatoms. The van der Waals surface area contributed by atoms with Crippen molar-refractivity contribution in [2.24, 2.45) is 0 Å². The number of allylic oxidation sites excluding steroid dienone is 1. The second-order valence-electron chi connectivity index (χ2n) is 10.3. The molecule has 1 aliphatic rings. The van der Waals surface area contributed by atoms with Crippen LogP contribution in [0.1, 0.15) is 39.7 Å². The summed E-state index contributed by atoms with van der Waals surface area (Å²) in [5.41, 5.74) is 13.5. The third-order valence-electron chi connectivity index (χ3n) is 7.62. The van der Waals surface area contributed by atoms with Crippen LogP contribution in [0.25, 0.3) is 32.5 Å². The number of thiophene rings is 1. The summed E-state index contributed by atoms with van der Waals surface area (Å²) in [5.74, 6) is 7.27. The fourth-order valence-corrected chi connectivity index (χ4v) is 6.50. The SMILES string of the molecule is N=C([NH2+]C(NNc1ccccc1C1=Cc2c(sc3ccccc23)C#CC1)c1ccccc1)c1ccc2ccccc2c1. The second kappa shape index (κ2) is 11.5. The first kappa shape index (κ1) is 25.9. The minimum atomic E-state index is -0.228. The van der Waals surface area contributed by atoms with Crippen LogP contribution >= 0.6 is 11.3 Å². The van der Waals surface area contributed by atoms with E-state index >= 15 is 0 Å². The molecule has 1 aromatic heterocycles. The summed E-state index contributed by atoms with van der Waals surface area (Å²) >= 11 is 1.76. The smallest absolute Gasteiger partial charge is 0.225 e. The van der Waals surface area contributed by atoms with Gasteiger partial charge in [-0.15, -0.1) is 11.3 Å². The number of anilines is 1. The first-order valence-corrected chi connectivity index (χ1v) is 14.8. The standard InChI is InChI=1S/C37H28N4S/c38-36(29-22-21-25-11-4-5-14-27(25)23-29)39-37(26-12-2-1-3-13-26)41-40-33-18-8-6-16-30(33)28-15-10-20-35-32(24-28)31-17-7-9-19-34(31)42-35/h1-9,11-14,16-19,21-24,37,40-41H,15H2,(H2,38,39)/p+1. The monoisotopic (exact) mass is 561 g/mol. The van der Waals surface area contributed by atoms with Crippen molar-refractivity contribution >= 4 is 55.4 Å². The lowest BCUT2D eigenvalue weighted by Crippen LogP contribution is -2.91. The molecule has 42 heavy (non-hydrogen) atoms. The van der Waals surface area contributed by atoms with Gasteiger partial charge in [-0.1, -0.05) is 109 Å². The molecule has 5 N–H and O–H groups in total. The molecule has 0 spiro atoms. The fraction of sp³-hybridized carbons (Fsp3) is 0.0541. The van der Waals surface area contributed by atoms with Gasteiger partial charge in [0.15, 0.2) is 6.17 Å². The van der Waals surface area contributed by atoms with Crippen LogP contribution in [0, 0.1) is 17.3 Å². The summed E-state index contributed by atoms with van der Waals surface area (Å²) in [6.45, 7) is 0. The molecule has 0 amide bonds. The van der Waals surface area contributed by atoms with Crippen LogP contribution in [-0.4, -0.2) is 5.84 Å². The van der Waals surface area contributed by atoms with Crippen molar-refractivity contribution in [1.29, 1.82) is 5.41 Å². The van der Waals surface area contributed by atoms with Crippen molar-refractivity contribution in [1.82, 2.24) is 5.43 Å². The molecule has 0 fully saturated rings. The summed E-state index contributed by atoms with van der Waals surface area (Å²) in [4.78, 5) is 1.13. The van der Waals surface area contributed by atoms with E-state index in [2.05, 4.69) is 108 Å². The molecule has 0 saturated heterocycles. The molecule has 1 heterocycles. The first-order valence-electron chi connectivity index (χ1n) is 14.0. The predicted molar refractivity (Wildman–Crippen MR) is 176 cm³/mol. The minimum Gasteiger partial charge on any atom is -0.316 e. The number of rotatable bonds is 7. The van der Waals surface area contributed by atoms with Gasteiger partial charge in [-0.2, -0.15) is 5.43 Å². The van der Waals surface area contributed by atoms with E-state index in [4.69, 9.17) is 5.41 Å². The zero-order valence-corrected chi connectivity index (χ0v) is 23.7. The van der Waals surface area contributed by atoms with Crippen LogP contribution in [0.2, 0.25) is 0 Å². The minimum absolute atomic E-state index is 0.228. The lowest BCUT2D eigenvalue weighted by Gasteiger charge is -2.21. The third-order valence-corrected chi connectivity index (χ3v) is 8.72. The molecule has 1 aliphatic carbocycles. The average Bonchev–Trinajstić information content (AvgIpc) is 3.25. The molecule has 1 unspecified atom stereocenters. The van der Waals surface area contributed by atoms with Gasteiger partial charge < -0.3 is 5.43 Å². The van der Waals surface area contributed by atoms with Gasteiger partial charge in [0, 0.05) is 33.2 Å². The quantitative estimate of drug-likeness (QED) is 0.0535. The van der Waals surface area contributed by atoms with Gasteiger partial charge in [0.25, 0.3) is 0 Å². The Bertz CT molecular complexity index is 2030. The van der Waals surface area contributed by atoms with Crippen molar-refractivity contribution in [2.75, 3.05) is 5.43 Å². The van der Waals surface area contributed by atoms with Gasteiger partial charge in [0.2, 0.25) is 5.84 Å². The zero-order valence-electron chi connectivity index (χ0n) is 22.9. The Morgan fingerprint density at radius 2 is 1.57 bits per heavy atom. The van der Waals surface area contributed by atoms with E-state index in [9.17, 15) is 0 Å². The number of quaternary nitrogens is 1. The summed E-state index contributed by atoms with van der Waals surface area (Å²) in [6, 6.07) is 41.6. The molecule has 0 aliphatic heterocycles. The topological polar surface area (TPSA) is 64.5 Å². The Morgan fingerprint density at radius 1 is 0.810 bits per heavy atom. The van der Waals surface area contributed by atoms with Crippen LogP contribution in [0.15, 0.2) is 121 Å². The number of amidine groups is 1. The van der Waals surface area contributed by atoms with Crippen molar-refractivity contribution < 1.29 is 5.32 Å². The number of nitrogens with one attached hydrogen (secondary N) is 3. The molecule has 0 saturated carbocycles. The van der Waals surface area contributed by atoms with Gasteiger partial charge in [-0.25, -0.2) is 0 Å². The van der Waals surface area contributed by atoms with Gasteiger partial charge in [-0.05, 0) is 46.7 Å². The number of benzene rings is 5. The first-order chi connectivity index (χ1) is 20.7. The van der Waals surface area contributed by atoms with E-state index in [1.54, 1.807) is 11.3 Å². The predicted octanol–water partition coefficient (Wildman–Crippen LogP) is 7.55. The van der Waals surface area contributed by atoms with Crippen LogP contribution in [0.3, 0.4) is 0 Å². The van der Waals surface area contributed by atoms with E-state index in [-0.39, 0.29) is 6.17 Å². The van der Waals surface area contributed by atoms with Crippen LogP contribution in [-0.2, 0) is 0 Å². The van der Waals surface area contributed by atoms with E-state index < -0.39 is 0 Å². The molecule has 7 rings (SSSR count). The molecular weight excluding hydrogens is 533 g/mol. The van der Waals surface area contributed by atoms with Crippen LogP contribution in [0.4, 0.5) is 5.69 Å². The molecule has 1 atom stereocenters. The van der Waals surface area contributed by atoms with Crippen molar-refractivity contribution in [2.45, 2.75) is 12.6 Å². The average molecular weight is 562 g/mol. The van der Waals surface area contributed by atoms with Gasteiger partial charge in [-0.3, -0.25) is 10.7 Å². The molecular formula is C37H29N4S+. The van der Waals surface area contributed by atoms with E-state index in [1.165, 1.54) is 26.6 Å². The molecule has 0 radical (unpaired) electrons. The van der Waals surface area contributed by atoms with E-state index in [0.717, 1.165) is 32.6 Å². The maximum atomic E-state index is 8.97. The van der Waals surface area contributed by atoms with Crippen molar-refractivity contribution in [3.05, 3.63) is 148 Å². The second-order valence-corrected chi connectivity index (χ2v) is 11.4. The van der Waals surface area contributed by atoms with Gasteiger partial charge in [0.05, 0.1) is 16.1 Å². The van der Waals surface area contributed by atoms with Gasteiger partial charge in [0.1, 0.15) is 0 Å². The number of nitrogens with two attached hydrogens (primary N) is 1. The Balaban J connectivity index is 1.17. The normalized spacial score (nSPS) is 13.0. The summed E-state index contributed by atoms with van der Waals surface area (Å²) < 4.78 is 1.26. The van der Waals surface area contributed by atoms with Crippen LogP contribution in [0.5, 0.6) is 0 Å². The maximum absolute atomic E-state index is 8.97. The highest BCUT2D eigenvalue weighted by atomic mass is 32.1. The van der Waals surface area contributed by atoms with E-state index in [1.807, 2.05) is 47.8 Å².